The summed E-state index contributed by atoms with van der Waals surface area (Å²) in [6.07, 6.45) is -0.621. The van der Waals surface area contributed by atoms with Crippen molar-refractivity contribution < 1.29 is 9.53 Å². The van der Waals surface area contributed by atoms with Crippen LogP contribution in [0, 0.1) is 11.3 Å². The number of halogens is 1. The van der Waals surface area contributed by atoms with Crippen molar-refractivity contribution >= 4 is 17.7 Å². The first kappa shape index (κ1) is 14.3. The predicted octanol–water partition coefficient (Wildman–Crippen LogP) is 3.43. The van der Waals surface area contributed by atoms with E-state index >= 15 is 0 Å². The Morgan fingerprint density at radius 3 is 2.39 bits per heavy atom. The van der Waals surface area contributed by atoms with Crippen molar-refractivity contribution in [3.63, 3.8) is 0 Å². The predicted molar refractivity (Wildman–Crippen MR) is 69.2 cm³/mol. The van der Waals surface area contributed by atoms with E-state index in [1.807, 2.05) is 6.07 Å². The van der Waals surface area contributed by atoms with Gasteiger partial charge in [0.15, 0.2) is 0 Å². The second-order valence-corrected chi connectivity index (χ2v) is 5.20. The van der Waals surface area contributed by atoms with Crippen molar-refractivity contribution in [2.24, 2.45) is 0 Å². The molecule has 1 aromatic rings. The summed E-state index contributed by atoms with van der Waals surface area (Å²) in [5.41, 5.74) is 0.0668. The van der Waals surface area contributed by atoms with E-state index in [4.69, 9.17) is 21.6 Å². The van der Waals surface area contributed by atoms with E-state index in [-0.39, 0.29) is 0 Å². The molecular formula is C13H15ClN2O2. The highest BCUT2D eigenvalue weighted by molar-refractivity contribution is 6.30. The van der Waals surface area contributed by atoms with Crippen LogP contribution >= 0.6 is 11.6 Å². The molecule has 0 saturated carbocycles. The molecule has 0 saturated heterocycles. The molecule has 0 aliphatic carbocycles. The Hall–Kier alpha value is -1.73. The number of carbonyl (C=O) groups excluding carboxylic acids is 1. The monoisotopic (exact) mass is 266 g/mol. The van der Waals surface area contributed by atoms with Gasteiger partial charge in [-0.25, -0.2) is 4.79 Å². The first-order chi connectivity index (χ1) is 8.31. The fourth-order valence-corrected chi connectivity index (χ4v) is 1.40. The lowest BCUT2D eigenvalue weighted by molar-refractivity contribution is 0.0515. The van der Waals surface area contributed by atoms with E-state index in [0.29, 0.717) is 10.6 Å². The molecule has 1 N–H and O–H groups in total. The molecule has 5 heteroatoms. The Morgan fingerprint density at radius 2 is 1.94 bits per heavy atom. The summed E-state index contributed by atoms with van der Waals surface area (Å²) in [4.78, 5) is 11.6. The molecule has 0 bridgehead atoms. The number of hydrogen-bond acceptors (Lipinski definition) is 3. The molecule has 4 nitrogen and oxygen atoms in total. The van der Waals surface area contributed by atoms with Crippen LogP contribution in [0.25, 0.3) is 0 Å². The number of hydrogen-bond donors (Lipinski definition) is 1. The molecule has 0 unspecified atom stereocenters. The lowest BCUT2D eigenvalue weighted by atomic mass is 10.1. The van der Waals surface area contributed by atoms with E-state index < -0.39 is 17.7 Å². The van der Waals surface area contributed by atoms with Gasteiger partial charge in [-0.2, -0.15) is 5.26 Å². The normalized spacial score (nSPS) is 12.4. The third-order valence-corrected chi connectivity index (χ3v) is 2.25. The second-order valence-electron chi connectivity index (χ2n) is 4.76. The highest BCUT2D eigenvalue weighted by Gasteiger charge is 2.20. The maximum Gasteiger partial charge on any atom is 0.408 e. The van der Waals surface area contributed by atoms with Crippen molar-refractivity contribution in [3.05, 3.63) is 34.9 Å². The summed E-state index contributed by atoms with van der Waals surface area (Å²) in [7, 11) is 0. The lowest BCUT2D eigenvalue weighted by Crippen LogP contribution is -2.34. The topological polar surface area (TPSA) is 62.1 Å². The Morgan fingerprint density at radius 1 is 1.39 bits per heavy atom. The number of nitrogens with one attached hydrogen (secondary N) is 1. The van der Waals surface area contributed by atoms with Gasteiger partial charge in [-0.15, -0.1) is 0 Å². The Kier molecular flexibility index (Phi) is 4.57. The number of ether oxygens (including phenoxy) is 1. The first-order valence-corrected chi connectivity index (χ1v) is 5.84. The number of nitrogens with zero attached hydrogens (tertiary/aromatic N) is 1. The number of alkyl carbamates (subject to hydrolysis) is 1. The minimum Gasteiger partial charge on any atom is -0.444 e. The number of benzene rings is 1. The Bertz CT molecular complexity index is 457. The van der Waals surface area contributed by atoms with Gasteiger partial charge >= 0.3 is 6.09 Å². The molecule has 0 aliphatic rings. The highest BCUT2D eigenvalue weighted by atomic mass is 35.5. The molecule has 0 aromatic heterocycles. The van der Waals surface area contributed by atoms with Gasteiger partial charge in [-0.3, -0.25) is 0 Å². The summed E-state index contributed by atoms with van der Waals surface area (Å²) < 4.78 is 5.09. The van der Waals surface area contributed by atoms with E-state index in [9.17, 15) is 4.79 Å². The smallest absolute Gasteiger partial charge is 0.408 e. The van der Waals surface area contributed by atoms with Crippen molar-refractivity contribution in [1.82, 2.24) is 5.32 Å². The number of carbonyl (C=O) groups is 1. The molecule has 1 aromatic carbocycles. The van der Waals surface area contributed by atoms with Crippen LogP contribution in [0.2, 0.25) is 5.02 Å². The van der Waals surface area contributed by atoms with E-state index in [0.717, 1.165) is 0 Å². The number of nitriles is 1. The minimum absolute atomic E-state index is 0.577. The van der Waals surface area contributed by atoms with Gasteiger partial charge in [-0.05, 0) is 38.5 Å². The second kappa shape index (κ2) is 5.74. The molecule has 1 atom stereocenters. The van der Waals surface area contributed by atoms with Crippen molar-refractivity contribution in [3.8, 4) is 6.07 Å². The van der Waals surface area contributed by atoms with Crippen molar-refractivity contribution in [1.29, 1.82) is 5.26 Å². The summed E-state index contributed by atoms with van der Waals surface area (Å²) in [5, 5.41) is 12.1. The van der Waals surface area contributed by atoms with Crippen LogP contribution in [-0.2, 0) is 4.74 Å². The third-order valence-electron chi connectivity index (χ3n) is 1.99. The SMILES string of the molecule is CC(C)(C)OC(=O)N[C@@H](C#N)c1ccc(Cl)cc1. The number of rotatable bonds is 2. The van der Waals surface area contributed by atoms with E-state index in [1.54, 1.807) is 45.0 Å². The zero-order valence-electron chi connectivity index (χ0n) is 10.5. The quantitative estimate of drug-likeness (QED) is 0.892. The Labute approximate surface area is 112 Å². The van der Waals surface area contributed by atoms with E-state index in [2.05, 4.69) is 5.32 Å². The largest absolute Gasteiger partial charge is 0.444 e. The van der Waals surface area contributed by atoms with Crippen LogP contribution in [0.15, 0.2) is 24.3 Å². The van der Waals surface area contributed by atoms with Crippen LogP contribution in [0.5, 0.6) is 0 Å². The van der Waals surface area contributed by atoms with Gasteiger partial charge < -0.3 is 10.1 Å². The van der Waals surface area contributed by atoms with Crippen LogP contribution < -0.4 is 5.32 Å². The molecule has 0 radical (unpaired) electrons. The zero-order valence-corrected chi connectivity index (χ0v) is 11.3. The van der Waals surface area contributed by atoms with Crippen molar-refractivity contribution in [2.45, 2.75) is 32.4 Å². The van der Waals surface area contributed by atoms with E-state index in [1.165, 1.54) is 0 Å². The summed E-state index contributed by atoms with van der Waals surface area (Å²) in [6, 6.07) is 7.95. The molecule has 1 rings (SSSR count). The van der Waals surface area contributed by atoms with Crippen LogP contribution in [0.1, 0.15) is 32.4 Å². The average molecular weight is 267 g/mol. The van der Waals surface area contributed by atoms with Gasteiger partial charge in [0.2, 0.25) is 0 Å². The zero-order chi connectivity index (χ0) is 13.8. The minimum atomic E-state index is -0.753. The lowest BCUT2D eigenvalue weighted by Gasteiger charge is -2.21. The van der Waals surface area contributed by atoms with Crippen LogP contribution in [0.3, 0.4) is 0 Å². The molecule has 96 valence electrons. The van der Waals surface area contributed by atoms with Gasteiger partial charge in [0.1, 0.15) is 11.6 Å². The van der Waals surface area contributed by atoms with Crippen LogP contribution in [0.4, 0.5) is 4.79 Å². The van der Waals surface area contributed by atoms with Gasteiger partial charge in [-0.1, -0.05) is 23.7 Å². The molecule has 1 amide bonds. The molecular weight excluding hydrogens is 252 g/mol. The third kappa shape index (κ3) is 4.64. The molecule has 18 heavy (non-hydrogen) atoms. The fourth-order valence-electron chi connectivity index (χ4n) is 1.27. The molecule has 0 aliphatic heterocycles. The Balaban J connectivity index is 2.72. The number of amides is 1. The maximum atomic E-state index is 11.6. The summed E-state index contributed by atoms with van der Waals surface area (Å²) in [5.74, 6) is 0. The van der Waals surface area contributed by atoms with Gasteiger partial charge in [0.05, 0.1) is 6.07 Å². The maximum absolute atomic E-state index is 11.6. The van der Waals surface area contributed by atoms with Gasteiger partial charge in [0, 0.05) is 5.02 Å². The van der Waals surface area contributed by atoms with Crippen LogP contribution in [-0.4, -0.2) is 11.7 Å². The highest BCUT2D eigenvalue weighted by Crippen LogP contribution is 2.17. The molecule has 0 spiro atoms. The molecule has 0 fully saturated rings. The summed E-state index contributed by atoms with van der Waals surface area (Å²) in [6.45, 7) is 5.28. The average Bonchev–Trinajstić information content (AvgIpc) is 2.25. The fraction of sp³-hybridized carbons (Fsp3) is 0.385. The molecule has 0 heterocycles. The standard InChI is InChI=1S/C13H15ClN2O2/c1-13(2,3)18-12(17)16-11(8-15)9-4-6-10(14)7-5-9/h4-7,11H,1-3H3,(H,16,17)/t11-/m0/s1. The van der Waals surface area contributed by atoms with Crippen molar-refractivity contribution in [2.75, 3.05) is 0 Å². The first-order valence-electron chi connectivity index (χ1n) is 5.46. The summed E-state index contributed by atoms with van der Waals surface area (Å²) >= 11 is 5.76. The van der Waals surface area contributed by atoms with Gasteiger partial charge in [0.25, 0.3) is 0 Å².